The van der Waals surface area contributed by atoms with Gasteiger partial charge in [-0.05, 0) is 12.1 Å². The van der Waals surface area contributed by atoms with Crippen molar-refractivity contribution >= 4 is 33.4 Å². The zero-order valence-corrected chi connectivity index (χ0v) is 9.51. The molecule has 3 aromatic rings. The van der Waals surface area contributed by atoms with Crippen LogP contribution in [0.15, 0.2) is 36.4 Å². The number of hydrogen-bond donors (Lipinski definition) is 2. The van der Waals surface area contributed by atoms with Gasteiger partial charge in [-0.3, -0.25) is 0 Å². The number of nitrogens with two attached hydrogens (primary N) is 2. The van der Waals surface area contributed by atoms with Crippen molar-refractivity contribution in [1.82, 2.24) is 4.98 Å². The normalized spacial score (nSPS) is 11.1. The highest BCUT2D eigenvalue weighted by Gasteiger charge is 2.14. The van der Waals surface area contributed by atoms with Crippen LogP contribution in [-0.2, 0) is 7.05 Å². The van der Waals surface area contributed by atoms with Crippen LogP contribution < -0.4 is 16.0 Å². The molecule has 1 aromatic heterocycles. The molecule has 0 spiro atoms. The highest BCUT2D eigenvalue weighted by Crippen LogP contribution is 2.22. The molecular weight excluding hydrogens is 212 g/mol. The van der Waals surface area contributed by atoms with Gasteiger partial charge in [0.15, 0.2) is 5.52 Å². The van der Waals surface area contributed by atoms with E-state index < -0.39 is 0 Å². The fourth-order valence-corrected chi connectivity index (χ4v) is 2.13. The van der Waals surface area contributed by atoms with Crippen molar-refractivity contribution in [3.05, 3.63) is 36.4 Å². The van der Waals surface area contributed by atoms with Crippen LogP contribution in [0, 0.1) is 0 Å². The van der Waals surface area contributed by atoms with Crippen LogP contribution in [0.5, 0.6) is 0 Å². The summed E-state index contributed by atoms with van der Waals surface area (Å²) in [7, 11) is 1.99. The number of nitrogens with zero attached hydrogens (tertiary/aromatic N) is 2. The molecule has 0 aliphatic carbocycles. The van der Waals surface area contributed by atoms with Crippen LogP contribution in [0.2, 0.25) is 0 Å². The smallest absolute Gasteiger partial charge is 0.235 e. The molecule has 17 heavy (non-hydrogen) atoms. The Labute approximate surface area is 98.5 Å². The van der Waals surface area contributed by atoms with Gasteiger partial charge in [-0.15, -0.1) is 0 Å². The van der Waals surface area contributed by atoms with Crippen molar-refractivity contribution in [3.8, 4) is 0 Å². The molecule has 4 nitrogen and oxygen atoms in total. The molecule has 1 heterocycles. The molecule has 0 aliphatic rings. The Bertz CT molecular complexity index is 734. The molecule has 0 saturated heterocycles. The zero-order chi connectivity index (χ0) is 12.0. The summed E-state index contributed by atoms with van der Waals surface area (Å²) in [4.78, 5) is 4.58. The number of fused-ring (bicyclic) bond motifs is 2. The van der Waals surface area contributed by atoms with Crippen molar-refractivity contribution in [3.63, 3.8) is 0 Å². The topological polar surface area (TPSA) is 68.8 Å². The average molecular weight is 225 g/mol. The summed E-state index contributed by atoms with van der Waals surface area (Å²) in [6, 6.07) is 11.6. The standard InChI is InChI=1S/C13H12N4/c1-17-11-5-3-2-4-10(11)16-13-9(15)6-8(14)7-12(13)17/h2-7H,1H3,(H3,14,15)/p+1. The Hall–Kier alpha value is -2.36. The number of aryl methyl sites for hydroxylation is 1. The summed E-state index contributed by atoms with van der Waals surface area (Å²) in [6.07, 6.45) is 0. The molecule has 2 aromatic carbocycles. The first-order valence-electron chi connectivity index (χ1n) is 5.40. The minimum Gasteiger partial charge on any atom is -0.398 e. The van der Waals surface area contributed by atoms with Crippen LogP contribution in [0.25, 0.3) is 22.1 Å². The van der Waals surface area contributed by atoms with Gasteiger partial charge in [0.1, 0.15) is 12.6 Å². The molecule has 0 unspecified atom stereocenters. The highest BCUT2D eigenvalue weighted by molar-refractivity contribution is 5.91. The lowest BCUT2D eigenvalue weighted by atomic mass is 10.2. The second kappa shape index (κ2) is 3.31. The van der Waals surface area contributed by atoms with Crippen molar-refractivity contribution in [1.29, 1.82) is 0 Å². The SMILES string of the molecule is C[n+]1c2ccccc2nc2c(N)cc(N)cc21. The number of aromatic nitrogens is 2. The molecule has 4 heteroatoms. The van der Waals surface area contributed by atoms with Gasteiger partial charge in [-0.1, -0.05) is 12.1 Å². The number of rotatable bonds is 0. The first-order valence-corrected chi connectivity index (χ1v) is 5.40. The predicted octanol–water partition coefficient (Wildman–Crippen LogP) is 1.38. The van der Waals surface area contributed by atoms with Gasteiger partial charge in [0.2, 0.25) is 11.0 Å². The predicted molar refractivity (Wildman–Crippen MR) is 69.2 cm³/mol. The van der Waals surface area contributed by atoms with Crippen LogP contribution in [0.3, 0.4) is 0 Å². The van der Waals surface area contributed by atoms with Crippen molar-refractivity contribution in [2.75, 3.05) is 11.5 Å². The van der Waals surface area contributed by atoms with E-state index in [9.17, 15) is 0 Å². The molecule has 3 rings (SSSR count). The summed E-state index contributed by atoms with van der Waals surface area (Å²) in [5, 5.41) is 0. The van der Waals surface area contributed by atoms with Gasteiger partial charge in [0.25, 0.3) is 0 Å². The number of benzene rings is 2. The van der Waals surface area contributed by atoms with E-state index in [2.05, 4.69) is 9.55 Å². The monoisotopic (exact) mass is 225 g/mol. The van der Waals surface area contributed by atoms with Gasteiger partial charge in [0, 0.05) is 17.8 Å². The molecule has 84 valence electrons. The van der Waals surface area contributed by atoms with E-state index >= 15 is 0 Å². The van der Waals surface area contributed by atoms with Gasteiger partial charge < -0.3 is 11.5 Å². The number of hydrogen-bond acceptors (Lipinski definition) is 3. The van der Waals surface area contributed by atoms with Crippen LogP contribution in [0.1, 0.15) is 0 Å². The molecular formula is C13H13N4+. The quantitative estimate of drug-likeness (QED) is 0.345. The van der Waals surface area contributed by atoms with Gasteiger partial charge >= 0.3 is 0 Å². The molecule has 0 radical (unpaired) electrons. The summed E-state index contributed by atoms with van der Waals surface area (Å²) in [5.74, 6) is 0. The third-order valence-electron chi connectivity index (χ3n) is 2.98. The molecule has 4 N–H and O–H groups in total. The summed E-state index contributed by atoms with van der Waals surface area (Å²) < 4.78 is 2.06. The van der Waals surface area contributed by atoms with Crippen LogP contribution >= 0.6 is 0 Å². The lowest BCUT2D eigenvalue weighted by Crippen LogP contribution is -2.30. The summed E-state index contributed by atoms with van der Waals surface area (Å²) in [6.45, 7) is 0. The Kier molecular flexibility index (Phi) is 1.92. The first kappa shape index (κ1) is 9.84. The maximum atomic E-state index is 5.96. The van der Waals surface area contributed by atoms with Gasteiger partial charge in [0.05, 0.1) is 5.69 Å². The summed E-state index contributed by atoms with van der Waals surface area (Å²) in [5.41, 5.74) is 16.8. The largest absolute Gasteiger partial charge is 0.398 e. The highest BCUT2D eigenvalue weighted by atomic mass is 15.0. The van der Waals surface area contributed by atoms with E-state index in [4.69, 9.17) is 11.5 Å². The third-order valence-corrected chi connectivity index (χ3v) is 2.98. The molecule has 0 atom stereocenters. The maximum Gasteiger partial charge on any atom is 0.235 e. The second-order valence-corrected chi connectivity index (χ2v) is 4.14. The Morgan fingerprint density at radius 3 is 2.65 bits per heavy atom. The second-order valence-electron chi connectivity index (χ2n) is 4.14. The average Bonchev–Trinajstić information content (AvgIpc) is 2.31. The summed E-state index contributed by atoms with van der Waals surface area (Å²) >= 11 is 0. The number of anilines is 2. The number of nitrogen functional groups attached to an aromatic ring is 2. The minimum absolute atomic E-state index is 0.612. The Morgan fingerprint density at radius 1 is 1.06 bits per heavy atom. The minimum atomic E-state index is 0.612. The Morgan fingerprint density at radius 2 is 1.82 bits per heavy atom. The van der Waals surface area contributed by atoms with Crippen LogP contribution in [-0.4, -0.2) is 4.98 Å². The molecule has 0 amide bonds. The molecule has 0 saturated carbocycles. The fourth-order valence-electron chi connectivity index (χ4n) is 2.13. The van der Waals surface area contributed by atoms with E-state index in [-0.39, 0.29) is 0 Å². The van der Waals surface area contributed by atoms with Gasteiger partial charge in [-0.25, -0.2) is 4.98 Å². The van der Waals surface area contributed by atoms with Crippen molar-refractivity contribution < 1.29 is 4.57 Å². The molecule has 0 fully saturated rings. The molecule has 0 aliphatic heterocycles. The van der Waals surface area contributed by atoms with Crippen LogP contribution in [0.4, 0.5) is 11.4 Å². The number of para-hydroxylation sites is 2. The van der Waals surface area contributed by atoms with E-state index in [1.165, 1.54) is 0 Å². The lowest BCUT2D eigenvalue weighted by molar-refractivity contribution is -0.617. The zero-order valence-electron chi connectivity index (χ0n) is 9.51. The van der Waals surface area contributed by atoms with E-state index in [1.807, 2.05) is 37.4 Å². The fraction of sp³-hybridized carbons (Fsp3) is 0.0769. The van der Waals surface area contributed by atoms with Gasteiger partial charge in [-0.2, -0.15) is 4.57 Å². The third kappa shape index (κ3) is 1.38. The molecule has 0 bridgehead atoms. The van der Waals surface area contributed by atoms with E-state index in [0.717, 1.165) is 22.1 Å². The van der Waals surface area contributed by atoms with E-state index in [0.29, 0.717) is 11.4 Å². The maximum absolute atomic E-state index is 5.96. The van der Waals surface area contributed by atoms with Crippen molar-refractivity contribution in [2.45, 2.75) is 0 Å². The van der Waals surface area contributed by atoms with Crippen molar-refractivity contribution in [2.24, 2.45) is 7.05 Å². The first-order chi connectivity index (χ1) is 8.16. The van der Waals surface area contributed by atoms with E-state index in [1.54, 1.807) is 6.07 Å². The lowest BCUT2D eigenvalue weighted by Gasteiger charge is -2.04. The Balaban J connectivity index is 2.59.